The molecular weight excluding hydrogens is 483 g/mol. The number of methoxy groups -OCH3 is 1. The molecule has 1 amide bonds. The van der Waals surface area contributed by atoms with Gasteiger partial charge in [-0.05, 0) is 61.9 Å². The highest BCUT2D eigenvalue weighted by Crippen LogP contribution is 2.50. The number of aliphatic hydroxyl groups is 1. The Labute approximate surface area is 222 Å². The highest BCUT2D eigenvalue weighted by atomic mass is 19.1. The van der Waals surface area contributed by atoms with Crippen LogP contribution in [0.15, 0.2) is 42.5 Å². The zero-order chi connectivity index (χ0) is 26.4. The smallest absolute Gasteiger partial charge is 0.225 e. The van der Waals surface area contributed by atoms with E-state index in [1.165, 1.54) is 11.6 Å². The quantitative estimate of drug-likeness (QED) is 0.461. The van der Waals surface area contributed by atoms with Crippen molar-refractivity contribution in [2.24, 2.45) is 17.6 Å². The number of ether oxygens (including phenoxy) is 1. The van der Waals surface area contributed by atoms with Crippen molar-refractivity contribution in [3.63, 3.8) is 0 Å². The first-order valence-corrected chi connectivity index (χ1v) is 13.7. The highest BCUT2D eigenvalue weighted by Gasteiger charge is 2.48. The van der Waals surface area contributed by atoms with E-state index in [4.69, 9.17) is 10.5 Å². The van der Waals surface area contributed by atoms with Gasteiger partial charge in [0, 0.05) is 65.7 Å². The number of piperidine rings is 1. The third-order valence-electron chi connectivity index (χ3n) is 9.30. The van der Waals surface area contributed by atoms with E-state index in [0.717, 1.165) is 48.0 Å². The van der Waals surface area contributed by atoms with E-state index in [1.807, 2.05) is 29.2 Å². The predicted molar refractivity (Wildman–Crippen MR) is 144 cm³/mol. The number of amides is 1. The number of nitrogens with two attached hydrogens (primary N) is 1. The van der Waals surface area contributed by atoms with E-state index in [1.54, 1.807) is 13.2 Å². The molecule has 0 bridgehead atoms. The number of H-pyrrole nitrogens is 1. The van der Waals surface area contributed by atoms with Crippen LogP contribution in [0.1, 0.15) is 48.5 Å². The van der Waals surface area contributed by atoms with Gasteiger partial charge in [0.15, 0.2) is 0 Å². The summed E-state index contributed by atoms with van der Waals surface area (Å²) in [5.74, 6) is 1.39. The molecule has 6 rings (SSSR count). The summed E-state index contributed by atoms with van der Waals surface area (Å²) in [5.41, 5.74) is 9.39. The van der Waals surface area contributed by atoms with E-state index in [0.29, 0.717) is 44.2 Å². The first-order chi connectivity index (χ1) is 18.5. The van der Waals surface area contributed by atoms with Crippen LogP contribution in [0, 0.1) is 17.7 Å². The molecule has 1 spiro atoms. The van der Waals surface area contributed by atoms with Crippen molar-refractivity contribution in [3.8, 4) is 5.75 Å². The van der Waals surface area contributed by atoms with Crippen molar-refractivity contribution >= 4 is 16.8 Å². The molecule has 2 fully saturated rings. The topological polar surface area (TPSA) is 94.8 Å². The number of hydrogen-bond donors (Lipinski definition) is 3. The Morgan fingerprint density at radius 2 is 1.97 bits per heavy atom. The lowest BCUT2D eigenvalue weighted by atomic mass is 9.67. The number of benzene rings is 2. The van der Waals surface area contributed by atoms with Crippen molar-refractivity contribution in [2.75, 3.05) is 39.9 Å². The van der Waals surface area contributed by atoms with Crippen LogP contribution >= 0.6 is 0 Å². The van der Waals surface area contributed by atoms with Crippen molar-refractivity contribution in [3.05, 3.63) is 65.1 Å². The first kappa shape index (κ1) is 25.3. The summed E-state index contributed by atoms with van der Waals surface area (Å²) in [7, 11) is 1.66. The fraction of sp³-hybridized carbons (Fsp3) is 0.500. The van der Waals surface area contributed by atoms with Gasteiger partial charge < -0.3 is 25.5 Å². The molecule has 1 saturated heterocycles. The fourth-order valence-corrected chi connectivity index (χ4v) is 7.08. The monoisotopic (exact) mass is 520 g/mol. The van der Waals surface area contributed by atoms with Crippen molar-refractivity contribution in [1.82, 2.24) is 14.8 Å². The lowest BCUT2D eigenvalue weighted by Gasteiger charge is -2.51. The van der Waals surface area contributed by atoms with Gasteiger partial charge in [-0.1, -0.05) is 18.2 Å². The Kier molecular flexibility index (Phi) is 6.66. The molecule has 202 valence electrons. The number of nitrogens with one attached hydrogen (secondary N) is 1. The van der Waals surface area contributed by atoms with E-state index in [9.17, 15) is 14.3 Å². The summed E-state index contributed by atoms with van der Waals surface area (Å²) < 4.78 is 20.2. The van der Waals surface area contributed by atoms with Gasteiger partial charge in [-0.3, -0.25) is 9.69 Å². The van der Waals surface area contributed by atoms with Crippen molar-refractivity contribution in [2.45, 2.75) is 43.7 Å². The Hall–Kier alpha value is -2.94. The number of aliphatic hydroxyl groups excluding tert-OH is 1. The molecule has 0 radical (unpaired) electrons. The Balaban J connectivity index is 1.35. The number of rotatable bonds is 6. The second kappa shape index (κ2) is 9.98. The standard InChI is InChI=1S/C30H37FN4O3/c1-38-22-6-7-23-25(14-22)33-28-26(17-36)35(16-20-4-2-3-5-24(20)31)18-30(27(23)28)8-10-34(11-9-30)29(37)21-12-19(13-21)15-32/h2-7,14,19,21,26,33,36H,8-13,15-18,32H2,1H3. The largest absolute Gasteiger partial charge is 0.497 e. The van der Waals surface area contributed by atoms with Gasteiger partial charge in [0.1, 0.15) is 11.6 Å². The van der Waals surface area contributed by atoms with Crippen LogP contribution in [-0.4, -0.2) is 65.7 Å². The van der Waals surface area contributed by atoms with E-state index < -0.39 is 0 Å². The fourth-order valence-electron chi connectivity index (χ4n) is 7.08. The SMILES string of the molecule is COc1ccc2c3c([nH]c2c1)C(CO)N(Cc1ccccc1F)CC31CCN(C(=O)C2CC(CN)C2)CC1. The maximum absolute atomic E-state index is 14.7. The number of nitrogens with zero attached hydrogens (tertiary/aromatic N) is 2. The minimum absolute atomic E-state index is 0.0733. The van der Waals surface area contributed by atoms with Crippen LogP contribution < -0.4 is 10.5 Å². The van der Waals surface area contributed by atoms with Gasteiger partial charge in [-0.2, -0.15) is 0 Å². The maximum atomic E-state index is 14.7. The van der Waals surface area contributed by atoms with Gasteiger partial charge >= 0.3 is 0 Å². The number of carbonyl (C=O) groups excluding carboxylic acids is 1. The zero-order valence-electron chi connectivity index (χ0n) is 22.0. The van der Waals surface area contributed by atoms with Crippen LogP contribution in [-0.2, 0) is 16.8 Å². The van der Waals surface area contributed by atoms with E-state index in [-0.39, 0.29) is 35.7 Å². The van der Waals surface area contributed by atoms with Crippen LogP contribution in [0.4, 0.5) is 4.39 Å². The van der Waals surface area contributed by atoms with Crippen LogP contribution in [0.5, 0.6) is 5.75 Å². The Morgan fingerprint density at radius 1 is 1.21 bits per heavy atom. The molecule has 4 N–H and O–H groups in total. The van der Waals surface area contributed by atoms with Gasteiger partial charge in [0.05, 0.1) is 19.8 Å². The molecule has 1 saturated carbocycles. The number of hydrogen-bond acceptors (Lipinski definition) is 5. The number of likely N-dealkylation sites (tertiary alicyclic amines) is 1. The number of fused-ring (bicyclic) bond motifs is 4. The van der Waals surface area contributed by atoms with Crippen LogP contribution in [0.25, 0.3) is 10.9 Å². The lowest BCUT2D eigenvalue weighted by Crippen LogP contribution is -2.55. The molecule has 8 heteroatoms. The molecule has 3 aliphatic rings. The van der Waals surface area contributed by atoms with Crippen LogP contribution in [0.3, 0.4) is 0 Å². The Bertz CT molecular complexity index is 1330. The average molecular weight is 521 g/mol. The molecule has 3 heterocycles. The van der Waals surface area contributed by atoms with Crippen LogP contribution in [0.2, 0.25) is 0 Å². The summed E-state index contributed by atoms with van der Waals surface area (Å²) in [5, 5.41) is 11.7. The third-order valence-corrected chi connectivity index (χ3v) is 9.30. The van der Waals surface area contributed by atoms with Gasteiger partial charge in [0.25, 0.3) is 0 Å². The van der Waals surface area contributed by atoms with E-state index in [2.05, 4.69) is 16.0 Å². The van der Waals surface area contributed by atoms with Gasteiger partial charge in [-0.25, -0.2) is 4.39 Å². The molecule has 1 atom stereocenters. The highest BCUT2D eigenvalue weighted by molar-refractivity contribution is 5.88. The first-order valence-electron chi connectivity index (χ1n) is 13.7. The number of halogens is 1. The lowest BCUT2D eigenvalue weighted by molar-refractivity contribution is -0.141. The summed E-state index contributed by atoms with van der Waals surface area (Å²) >= 11 is 0. The molecule has 38 heavy (non-hydrogen) atoms. The molecular formula is C30H37FN4O3. The summed E-state index contributed by atoms with van der Waals surface area (Å²) in [6.45, 7) is 3.08. The summed E-state index contributed by atoms with van der Waals surface area (Å²) in [6.07, 6.45) is 3.45. The van der Waals surface area contributed by atoms with Gasteiger partial charge in [-0.15, -0.1) is 0 Å². The molecule has 1 aromatic heterocycles. The summed E-state index contributed by atoms with van der Waals surface area (Å²) in [6, 6.07) is 12.7. The zero-order valence-corrected chi connectivity index (χ0v) is 22.0. The predicted octanol–water partition coefficient (Wildman–Crippen LogP) is 3.71. The molecule has 1 aliphatic carbocycles. The number of carbonyl (C=O) groups is 1. The minimum atomic E-state index is -0.281. The molecule has 2 aliphatic heterocycles. The molecule has 3 aromatic rings. The third kappa shape index (κ3) is 4.19. The summed E-state index contributed by atoms with van der Waals surface area (Å²) in [4.78, 5) is 21.1. The average Bonchev–Trinajstić information content (AvgIpc) is 3.29. The maximum Gasteiger partial charge on any atom is 0.225 e. The molecule has 2 aromatic carbocycles. The number of aromatic nitrogens is 1. The second-order valence-corrected chi connectivity index (χ2v) is 11.4. The second-order valence-electron chi connectivity index (χ2n) is 11.4. The normalized spacial score (nSPS) is 24.8. The Morgan fingerprint density at radius 3 is 2.66 bits per heavy atom. The van der Waals surface area contributed by atoms with Crippen molar-refractivity contribution in [1.29, 1.82) is 0 Å². The molecule has 1 unspecified atom stereocenters. The van der Waals surface area contributed by atoms with Gasteiger partial charge in [0.2, 0.25) is 5.91 Å². The minimum Gasteiger partial charge on any atom is -0.497 e. The number of aromatic amines is 1. The van der Waals surface area contributed by atoms with Crippen molar-refractivity contribution < 1.29 is 19.0 Å². The molecule has 7 nitrogen and oxygen atoms in total. The van der Waals surface area contributed by atoms with E-state index >= 15 is 0 Å².